The van der Waals surface area contributed by atoms with Crippen molar-refractivity contribution in [3.8, 4) is 6.07 Å². The van der Waals surface area contributed by atoms with Crippen LogP contribution in [0.15, 0.2) is 18.3 Å². The molecule has 2 fully saturated rings. The third-order valence-corrected chi connectivity index (χ3v) is 9.02. The van der Waals surface area contributed by atoms with E-state index >= 15 is 0 Å². The molecule has 2 aromatic heterocycles. The fourth-order valence-electron chi connectivity index (χ4n) is 6.50. The van der Waals surface area contributed by atoms with Gasteiger partial charge in [-0.25, -0.2) is 14.8 Å². The molecule has 0 aromatic carbocycles. The fraction of sp³-hybridized carbons (Fsp3) is 0.594. The highest BCUT2D eigenvalue weighted by Crippen LogP contribution is 2.33. The minimum atomic E-state index is -0.758. The Morgan fingerprint density at radius 3 is 2.57 bits per heavy atom. The lowest BCUT2D eigenvalue weighted by Crippen LogP contribution is -2.48. The van der Waals surface area contributed by atoms with Crippen LogP contribution in [-0.4, -0.2) is 92.4 Å². The summed E-state index contributed by atoms with van der Waals surface area (Å²) in [5, 5.41) is 12.7. The Hall–Kier alpha value is -3.63. The van der Waals surface area contributed by atoms with Gasteiger partial charge >= 0.3 is 6.03 Å². The first-order chi connectivity index (χ1) is 21.3. The Kier molecular flexibility index (Phi) is 10.4. The van der Waals surface area contributed by atoms with E-state index in [1.54, 1.807) is 32.4 Å². The van der Waals surface area contributed by atoms with Crippen molar-refractivity contribution in [3.63, 3.8) is 0 Å². The number of anilines is 2. The van der Waals surface area contributed by atoms with E-state index in [4.69, 9.17) is 19.2 Å². The van der Waals surface area contributed by atoms with Crippen LogP contribution in [0.2, 0.25) is 0 Å². The van der Waals surface area contributed by atoms with E-state index in [0.29, 0.717) is 61.1 Å². The quantitative estimate of drug-likeness (QED) is 0.425. The van der Waals surface area contributed by atoms with E-state index in [0.717, 1.165) is 68.2 Å². The third kappa shape index (κ3) is 7.18. The summed E-state index contributed by atoms with van der Waals surface area (Å²) in [6, 6.07) is 5.77. The van der Waals surface area contributed by atoms with Gasteiger partial charge in [0.1, 0.15) is 23.4 Å². The van der Waals surface area contributed by atoms with Crippen LogP contribution in [0.4, 0.5) is 16.4 Å². The predicted molar refractivity (Wildman–Crippen MR) is 164 cm³/mol. The largest absolute Gasteiger partial charge is 0.381 e. The standard InChI is InChI=1S/C32H43N7O5/c1-37-12-13-38(28(40)20-37)19-24-15-22-6-5-11-39(30(22)36-29(24)31(43-3)44-4)32(41)35-27-16-23(25(17-33)18-34-27)14-21-7-9-26(42-2)10-8-21/h15-16,18,21,26,31H,5-14,19-20H2,1-4H3,(H,34,35,41). The number of hydrogen-bond donors (Lipinski definition) is 1. The molecule has 0 atom stereocenters. The van der Waals surface area contributed by atoms with E-state index in [1.807, 2.05) is 29.0 Å². The van der Waals surface area contributed by atoms with Gasteiger partial charge in [0, 0.05) is 53.7 Å². The average Bonchev–Trinajstić information content (AvgIpc) is 3.03. The second-order valence-electron chi connectivity index (χ2n) is 12.0. The van der Waals surface area contributed by atoms with Crippen molar-refractivity contribution in [1.29, 1.82) is 5.26 Å². The Balaban J connectivity index is 1.36. The van der Waals surface area contributed by atoms with Crippen molar-refractivity contribution in [2.24, 2.45) is 5.92 Å². The Labute approximate surface area is 259 Å². The number of rotatable bonds is 9. The number of fused-ring (bicyclic) bond motifs is 1. The van der Waals surface area contributed by atoms with Gasteiger partial charge in [-0.1, -0.05) is 0 Å². The molecular formula is C32H43N7O5. The highest BCUT2D eigenvalue weighted by atomic mass is 16.7. The van der Waals surface area contributed by atoms with Crippen LogP contribution in [0.1, 0.15) is 66.3 Å². The number of aromatic nitrogens is 2. The number of ether oxygens (including phenoxy) is 3. The number of nitrogens with one attached hydrogen (secondary N) is 1. The molecule has 1 saturated heterocycles. The molecule has 12 heteroatoms. The van der Waals surface area contributed by atoms with Gasteiger partial charge in [-0.2, -0.15) is 5.26 Å². The summed E-state index contributed by atoms with van der Waals surface area (Å²) in [6.45, 7) is 2.67. The third-order valence-electron chi connectivity index (χ3n) is 9.02. The zero-order valence-corrected chi connectivity index (χ0v) is 26.2. The molecule has 3 amide bonds. The van der Waals surface area contributed by atoms with Crippen LogP contribution >= 0.6 is 0 Å². The Morgan fingerprint density at radius 1 is 1.11 bits per heavy atom. The van der Waals surface area contributed by atoms with Gasteiger partial charge in [0.25, 0.3) is 0 Å². The maximum absolute atomic E-state index is 13.7. The summed E-state index contributed by atoms with van der Waals surface area (Å²) < 4.78 is 16.7. The minimum absolute atomic E-state index is 0.0618. The SMILES string of the molecule is COC1CCC(Cc2cc(NC(=O)N3CCCc4cc(CN5CCN(C)CC5=O)c(C(OC)OC)nc43)ncc2C#N)CC1. The number of amides is 3. The molecule has 0 spiro atoms. The zero-order chi connectivity index (χ0) is 31.2. The number of aryl methyl sites for hydroxylation is 1. The highest BCUT2D eigenvalue weighted by molar-refractivity contribution is 6.01. The van der Waals surface area contributed by atoms with E-state index in [-0.39, 0.29) is 11.9 Å². The van der Waals surface area contributed by atoms with E-state index in [1.165, 1.54) is 0 Å². The second kappa shape index (κ2) is 14.4. The van der Waals surface area contributed by atoms with Crippen LogP contribution in [0.5, 0.6) is 0 Å². The Bertz CT molecular complexity index is 1380. The van der Waals surface area contributed by atoms with Gasteiger partial charge < -0.3 is 19.1 Å². The monoisotopic (exact) mass is 605 g/mol. The smallest absolute Gasteiger partial charge is 0.328 e. The zero-order valence-electron chi connectivity index (χ0n) is 26.2. The predicted octanol–water partition coefficient (Wildman–Crippen LogP) is 3.65. The van der Waals surface area contributed by atoms with Gasteiger partial charge in [0.05, 0.1) is 18.2 Å². The number of carbonyl (C=O) groups is 2. The number of likely N-dealkylation sites (N-methyl/N-ethyl adjacent to an activating group) is 1. The van der Waals surface area contributed by atoms with Crippen molar-refractivity contribution >= 4 is 23.6 Å². The molecule has 3 aliphatic rings. The Morgan fingerprint density at radius 2 is 1.89 bits per heavy atom. The molecule has 44 heavy (non-hydrogen) atoms. The molecule has 1 aliphatic carbocycles. The van der Waals surface area contributed by atoms with Crippen LogP contribution in [0, 0.1) is 17.2 Å². The van der Waals surface area contributed by atoms with Crippen molar-refractivity contribution in [1.82, 2.24) is 19.8 Å². The van der Waals surface area contributed by atoms with Crippen LogP contribution in [-0.2, 0) is 38.4 Å². The van der Waals surface area contributed by atoms with Gasteiger partial charge in [0.2, 0.25) is 12.2 Å². The van der Waals surface area contributed by atoms with Gasteiger partial charge in [-0.05, 0) is 86.7 Å². The summed E-state index contributed by atoms with van der Waals surface area (Å²) >= 11 is 0. The van der Waals surface area contributed by atoms with Crippen LogP contribution < -0.4 is 10.2 Å². The lowest BCUT2D eigenvalue weighted by atomic mass is 9.83. The number of pyridine rings is 2. The second-order valence-corrected chi connectivity index (χ2v) is 12.0. The molecule has 236 valence electrons. The molecule has 2 aromatic rings. The summed E-state index contributed by atoms with van der Waals surface area (Å²) in [6.07, 6.45) is 7.49. The van der Waals surface area contributed by atoms with E-state index in [2.05, 4.69) is 16.4 Å². The number of hydrogen-bond acceptors (Lipinski definition) is 9. The maximum atomic E-state index is 13.7. The van der Waals surface area contributed by atoms with Gasteiger partial charge in [0.15, 0.2) is 0 Å². The van der Waals surface area contributed by atoms with Crippen molar-refractivity contribution in [2.45, 2.75) is 63.9 Å². The van der Waals surface area contributed by atoms with Crippen molar-refractivity contribution < 1.29 is 23.8 Å². The number of methoxy groups -OCH3 is 3. The van der Waals surface area contributed by atoms with Gasteiger partial charge in [-0.3, -0.25) is 19.9 Å². The molecule has 1 saturated carbocycles. The average molecular weight is 606 g/mol. The number of carbonyl (C=O) groups excluding carboxylic acids is 2. The molecule has 5 rings (SSSR count). The van der Waals surface area contributed by atoms with E-state index < -0.39 is 6.29 Å². The summed E-state index contributed by atoms with van der Waals surface area (Å²) in [4.78, 5) is 41.2. The van der Waals surface area contributed by atoms with Crippen molar-refractivity contribution in [2.75, 3.05) is 64.8 Å². The molecule has 0 unspecified atom stereocenters. The molecule has 12 nitrogen and oxygen atoms in total. The molecule has 4 heterocycles. The van der Waals surface area contributed by atoms with Crippen LogP contribution in [0.25, 0.3) is 0 Å². The molecule has 0 bridgehead atoms. The highest BCUT2D eigenvalue weighted by Gasteiger charge is 2.31. The van der Waals surface area contributed by atoms with Crippen LogP contribution in [0.3, 0.4) is 0 Å². The number of piperazine rings is 1. The lowest BCUT2D eigenvalue weighted by molar-refractivity contribution is -0.136. The van der Waals surface area contributed by atoms with Crippen molar-refractivity contribution in [3.05, 3.63) is 46.3 Å². The normalized spacial score (nSPS) is 20.9. The summed E-state index contributed by atoms with van der Waals surface area (Å²) in [7, 11) is 6.79. The maximum Gasteiger partial charge on any atom is 0.328 e. The number of urea groups is 1. The number of nitrogens with zero attached hydrogens (tertiary/aromatic N) is 6. The van der Waals surface area contributed by atoms with E-state index in [9.17, 15) is 14.9 Å². The molecule has 1 N–H and O–H groups in total. The molecule has 0 radical (unpaired) electrons. The lowest BCUT2D eigenvalue weighted by Gasteiger charge is -2.34. The molecular weight excluding hydrogens is 562 g/mol. The first kappa shape index (κ1) is 31.8. The summed E-state index contributed by atoms with van der Waals surface area (Å²) in [5.74, 6) is 1.46. The van der Waals surface area contributed by atoms with Gasteiger partial charge in [-0.15, -0.1) is 0 Å². The first-order valence-corrected chi connectivity index (χ1v) is 15.4. The fourth-order valence-corrected chi connectivity index (χ4v) is 6.50. The number of nitriles is 1. The minimum Gasteiger partial charge on any atom is -0.381 e. The topological polar surface area (TPSA) is 133 Å². The first-order valence-electron chi connectivity index (χ1n) is 15.4. The summed E-state index contributed by atoms with van der Waals surface area (Å²) in [5.41, 5.74) is 3.74. The molecule has 2 aliphatic heterocycles.